The zero-order valence-corrected chi connectivity index (χ0v) is 18.9. The number of benzene rings is 2. The third-order valence-electron chi connectivity index (χ3n) is 3.74. The Balaban J connectivity index is 2.06. The van der Waals surface area contributed by atoms with Gasteiger partial charge in [-0.25, -0.2) is 4.79 Å². The van der Waals surface area contributed by atoms with Gasteiger partial charge in [0, 0.05) is 5.56 Å². The lowest BCUT2D eigenvalue weighted by Gasteiger charge is -2.14. The molecule has 1 N–H and O–H groups in total. The van der Waals surface area contributed by atoms with Crippen LogP contribution in [-0.4, -0.2) is 39.1 Å². The number of esters is 1. The van der Waals surface area contributed by atoms with Gasteiger partial charge in [0.15, 0.2) is 18.1 Å². The third kappa shape index (κ3) is 7.12. The lowest BCUT2D eigenvalue weighted by atomic mass is 10.2. The van der Waals surface area contributed by atoms with Crippen molar-refractivity contribution in [1.82, 2.24) is 5.43 Å². The average molecular weight is 512 g/mol. The van der Waals surface area contributed by atoms with Crippen LogP contribution in [0.4, 0.5) is 0 Å². The van der Waals surface area contributed by atoms with Gasteiger partial charge in [-0.05, 0) is 60.2 Å². The van der Waals surface area contributed by atoms with E-state index in [-0.39, 0.29) is 6.61 Å². The van der Waals surface area contributed by atoms with E-state index in [9.17, 15) is 4.79 Å². The van der Waals surface area contributed by atoms with E-state index in [2.05, 4.69) is 33.1 Å². The summed E-state index contributed by atoms with van der Waals surface area (Å²) in [6.45, 7) is 4.79. The van der Waals surface area contributed by atoms with Crippen molar-refractivity contribution < 1.29 is 23.7 Å². The van der Waals surface area contributed by atoms with Crippen LogP contribution in [0, 0.1) is 3.57 Å². The molecular weight excluding hydrogens is 487 g/mol. The molecular formula is C21H25IN2O5. The van der Waals surface area contributed by atoms with Crippen molar-refractivity contribution in [2.45, 2.75) is 20.4 Å². The Hall–Kier alpha value is -2.49. The molecule has 2 rings (SSSR count). The van der Waals surface area contributed by atoms with Crippen LogP contribution in [0.5, 0.6) is 17.2 Å². The van der Waals surface area contributed by atoms with Crippen molar-refractivity contribution in [3.8, 4) is 17.2 Å². The van der Waals surface area contributed by atoms with Crippen LogP contribution in [0.15, 0.2) is 41.5 Å². The Morgan fingerprint density at radius 3 is 2.66 bits per heavy atom. The highest BCUT2D eigenvalue weighted by atomic mass is 127. The van der Waals surface area contributed by atoms with E-state index in [1.54, 1.807) is 20.2 Å². The summed E-state index contributed by atoms with van der Waals surface area (Å²) in [6.07, 6.45) is 1.70. The molecule has 0 bridgehead atoms. The molecule has 0 saturated carbocycles. The number of carbonyl (C=O) groups is 1. The smallest absolute Gasteiger partial charge is 0.344 e. The zero-order valence-electron chi connectivity index (χ0n) is 16.7. The second kappa shape index (κ2) is 12.2. The third-order valence-corrected chi connectivity index (χ3v) is 4.54. The molecule has 0 unspecified atom stereocenters. The topological polar surface area (TPSA) is 78.4 Å². The van der Waals surface area contributed by atoms with E-state index < -0.39 is 5.97 Å². The van der Waals surface area contributed by atoms with E-state index in [0.29, 0.717) is 31.3 Å². The Morgan fingerprint density at radius 2 is 1.93 bits per heavy atom. The van der Waals surface area contributed by atoms with Gasteiger partial charge in [-0.2, -0.15) is 5.10 Å². The van der Waals surface area contributed by atoms with Gasteiger partial charge in [0.25, 0.3) is 0 Å². The maximum absolute atomic E-state index is 11.6. The van der Waals surface area contributed by atoms with Crippen LogP contribution >= 0.6 is 22.6 Å². The quantitative estimate of drug-likeness (QED) is 0.214. The van der Waals surface area contributed by atoms with E-state index in [1.165, 1.54) is 0 Å². The van der Waals surface area contributed by atoms with E-state index in [4.69, 9.17) is 18.9 Å². The summed E-state index contributed by atoms with van der Waals surface area (Å²) in [5, 5.41) is 4.28. The first-order valence-corrected chi connectivity index (χ1v) is 10.3. The minimum Gasteiger partial charge on any atom is -0.496 e. The van der Waals surface area contributed by atoms with Gasteiger partial charge in [0.2, 0.25) is 0 Å². The lowest BCUT2D eigenvalue weighted by molar-refractivity contribution is -0.145. The molecule has 0 saturated heterocycles. The van der Waals surface area contributed by atoms with Gasteiger partial charge in [0.1, 0.15) is 5.75 Å². The Kier molecular flexibility index (Phi) is 9.55. The molecule has 0 amide bonds. The average Bonchev–Trinajstić information content (AvgIpc) is 2.71. The molecule has 0 aliphatic heterocycles. The Labute approximate surface area is 184 Å². The largest absolute Gasteiger partial charge is 0.496 e. The number of hydrazone groups is 1. The lowest BCUT2D eigenvalue weighted by Crippen LogP contribution is -2.15. The molecule has 156 valence electrons. The first-order chi connectivity index (χ1) is 14.1. The fourth-order valence-electron chi connectivity index (χ4n) is 2.50. The standard InChI is InChI=1S/C21H25IN2O5/c1-4-27-19-11-15(10-17(22)21(19)29-14-20(25)28-5-2)12-23-24-13-16-8-6-7-9-18(16)26-3/h6-12,24H,4-5,13-14H2,1-3H3/b23-12+. The summed E-state index contributed by atoms with van der Waals surface area (Å²) in [5.74, 6) is 1.46. The van der Waals surface area contributed by atoms with Gasteiger partial charge < -0.3 is 24.4 Å². The van der Waals surface area contributed by atoms with Gasteiger partial charge in [-0.15, -0.1) is 0 Å². The number of hydrogen-bond acceptors (Lipinski definition) is 7. The van der Waals surface area contributed by atoms with Gasteiger partial charge in [-0.1, -0.05) is 18.2 Å². The highest BCUT2D eigenvalue weighted by molar-refractivity contribution is 14.1. The van der Waals surface area contributed by atoms with Crippen LogP contribution in [-0.2, 0) is 16.1 Å². The highest BCUT2D eigenvalue weighted by Gasteiger charge is 2.14. The summed E-state index contributed by atoms with van der Waals surface area (Å²) in [5.41, 5.74) is 4.87. The number of methoxy groups -OCH3 is 1. The number of hydrogen-bond donors (Lipinski definition) is 1. The van der Waals surface area contributed by atoms with Gasteiger partial charge in [0.05, 0.1) is 36.7 Å². The highest BCUT2D eigenvalue weighted by Crippen LogP contribution is 2.34. The minimum absolute atomic E-state index is 0.169. The SMILES string of the molecule is CCOC(=O)COc1c(I)cc(/C=N/NCc2ccccc2OC)cc1OCC. The van der Waals surface area contributed by atoms with Gasteiger partial charge in [-0.3, -0.25) is 0 Å². The minimum atomic E-state index is -0.420. The Morgan fingerprint density at radius 1 is 1.14 bits per heavy atom. The number of carbonyl (C=O) groups excluding carboxylic acids is 1. The Bertz CT molecular complexity index is 842. The molecule has 8 heteroatoms. The number of rotatable bonds is 11. The van der Waals surface area contributed by atoms with Crippen molar-refractivity contribution in [2.24, 2.45) is 5.10 Å². The number of halogens is 1. The predicted octanol–water partition coefficient (Wildman–Crippen LogP) is 3.76. The van der Waals surface area contributed by atoms with Crippen LogP contribution in [0.2, 0.25) is 0 Å². The number of nitrogens with zero attached hydrogens (tertiary/aromatic N) is 1. The molecule has 29 heavy (non-hydrogen) atoms. The normalized spacial score (nSPS) is 10.6. The molecule has 0 spiro atoms. The van der Waals surface area contributed by atoms with Crippen LogP contribution in [0.25, 0.3) is 0 Å². The zero-order chi connectivity index (χ0) is 21.1. The second-order valence-electron chi connectivity index (χ2n) is 5.76. The molecule has 2 aromatic rings. The van der Waals surface area contributed by atoms with Crippen molar-refractivity contribution in [1.29, 1.82) is 0 Å². The maximum Gasteiger partial charge on any atom is 0.344 e. The molecule has 2 aromatic carbocycles. The predicted molar refractivity (Wildman–Crippen MR) is 120 cm³/mol. The molecule has 0 aliphatic rings. The molecule has 7 nitrogen and oxygen atoms in total. The monoisotopic (exact) mass is 512 g/mol. The molecule has 0 radical (unpaired) electrons. The summed E-state index contributed by atoms with van der Waals surface area (Å²) >= 11 is 2.14. The van der Waals surface area contributed by atoms with Crippen LogP contribution in [0.1, 0.15) is 25.0 Å². The molecule has 0 aliphatic carbocycles. The first kappa shape index (κ1) is 22.8. The van der Waals surface area contributed by atoms with Gasteiger partial charge >= 0.3 is 5.97 Å². The number of ether oxygens (including phenoxy) is 4. The van der Waals surface area contributed by atoms with Crippen molar-refractivity contribution in [2.75, 3.05) is 26.9 Å². The maximum atomic E-state index is 11.6. The second-order valence-corrected chi connectivity index (χ2v) is 6.92. The van der Waals surface area contributed by atoms with Crippen LogP contribution < -0.4 is 19.6 Å². The first-order valence-electron chi connectivity index (χ1n) is 9.21. The summed E-state index contributed by atoms with van der Waals surface area (Å²) in [7, 11) is 1.64. The molecule has 0 aromatic heterocycles. The molecule has 0 atom stereocenters. The fourth-order valence-corrected chi connectivity index (χ4v) is 3.28. The summed E-state index contributed by atoms with van der Waals surface area (Å²) in [4.78, 5) is 11.6. The van der Waals surface area contributed by atoms with Crippen LogP contribution in [0.3, 0.4) is 0 Å². The van der Waals surface area contributed by atoms with E-state index in [0.717, 1.165) is 20.4 Å². The molecule has 0 heterocycles. The number of nitrogens with one attached hydrogen (secondary N) is 1. The fraction of sp³-hybridized carbons (Fsp3) is 0.333. The molecule has 0 fully saturated rings. The van der Waals surface area contributed by atoms with E-state index in [1.807, 2.05) is 43.3 Å². The summed E-state index contributed by atoms with van der Waals surface area (Å²) in [6, 6.07) is 11.5. The summed E-state index contributed by atoms with van der Waals surface area (Å²) < 4.78 is 22.3. The number of para-hydroxylation sites is 1. The van der Waals surface area contributed by atoms with Crippen molar-refractivity contribution in [3.05, 3.63) is 51.1 Å². The van der Waals surface area contributed by atoms with E-state index >= 15 is 0 Å². The van der Waals surface area contributed by atoms with Crippen molar-refractivity contribution in [3.63, 3.8) is 0 Å². The van der Waals surface area contributed by atoms with Crippen molar-refractivity contribution >= 4 is 34.8 Å².